The third kappa shape index (κ3) is 3.74. The number of nitrogens with zero attached hydrogens (tertiary/aromatic N) is 3. The Labute approximate surface area is 195 Å². The minimum Gasteiger partial charge on any atom is -0.323 e. The third-order valence-electron chi connectivity index (χ3n) is 7.20. The number of rotatable bonds is 4. The van der Waals surface area contributed by atoms with E-state index in [9.17, 15) is 4.79 Å². The summed E-state index contributed by atoms with van der Waals surface area (Å²) < 4.78 is 2.34. The summed E-state index contributed by atoms with van der Waals surface area (Å²) in [6.07, 6.45) is 0.489. The Morgan fingerprint density at radius 2 is 1.64 bits per heavy atom. The number of benzene rings is 3. The molecule has 33 heavy (non-hydrogen) atoms. The number of hydrogen-bond acceptors (Lipinski definition) is 2. The molecule has 5 rings (SSSR count). The number of imidazole rings is 1. The molecule has 0 N–H and O–H groups in total. The van der Waals surface area contributed by atoms with Crippen molar-refractivity contribution in [1.82, 2.24) is 9.55 Å². The fourth-order valence-corrected chi connectivity index (χ4v) is 5.33. The van der Waals surface area contributed by atoms with Crippen LogP contribution in [-0.4, -0.2) is 22.0 Å². The quantitative estimate of drug-likeness (QED) is 0.384. The van der Waals surface area contributed by atoms with Gasteiger partial charge in [-0.2, -0.15) is 0 Å². The molecule has 0 aliphatic carbocycles. The summed E-state index contributed by atoms with van der Waals surface area (Å²) in [5, 5.41) is 0. The van der Waals surface area contributed by atoms with Crippen molar-refractivity contribution in [2.75, 3.05) is 11.4 Å². The van der Waals surface area contributed by atoms with Crippen LogP contribution in [0.3, 0.4) is 0 Å². The second-order valence-corrected chi connectivity index (χ2v) is 9.55. The number of carbonyl (C=O) groups is 1. The van der Waals surface area contributed by atoms with Crippen molar-refractivity contribution in [2.45, 2.75) is 53.5 Å². The van der Waals surface area contributed by atoms with Gasteiger partial charge in [0.25, 0.3) is 0 Å². The van der Waals surface area contributed by atoms with Gasteiger partial charge in [-0.25, -0.2) is 4.98 Å². The van der Waals surface area contributed by atoms with Crippen molar-refractivity contribution in [3.05, 3.63) is 93.8 Å². The number of amides is 1. The van der Waals surface area contributed by atoms with Crippen LogP contribution in [0.5, 0.6) is 0 Å². The molecule has 4 nitrogen and oxygen atoms in total. The SMILES string of the molecule is Cc1cc(C)c(Cn2c(C3CC(=O)N(c4cccc(C)c4C)C3)nc3ccccc32)c(C)c1. The van der Waals surface area contributed by atoms with Crippen molar-refractivity contribution in [3.8, 4) is 0 Å². The van der Waals surface area contributed by atoms with Crippen LogP contribution in [-0.2, 0) is 11.3 Å². The van der Waals surface area contributed by atoms with Gasteiger partial charge in [0.05, 0.1) is 11.0 Å². The average molecular weight is 438 g/mol. The molecule has 4 aromatic rings. The fourth-order valence-electron chi connectivity index (χ4n) is 5.33. The topological polar surface area (TPSA) is 38.1 Å². The number of hydrogen-bond donors (Lipinski definition) is 0. The Morgan fingerprint density at radius 1 is 0.909 bits per heavy atom. The van der Waals surface area contributed by atoms with Crippen LogP contribution in [0, 0.1) is 34.6 Å². The highest BCUT2D eigenvalue weighted by Crippen LogP contribution is 2.35. The molecule has 168 valence electrons. The molecule has 1 fully saturated rings. The molecule has 4 heteroatoms. The lowest BCUT2D eigenvalue weighted by Crippen LogP contribution is -2.25. The van der Waals surface area contributed by atoms with Gasteiger partial charge in [0.1, 0.15) is 5.82 Å². The van der Waals surface area contributed by atoms with E-state index in [1.165, 1.54) is 33.4 Å². The summed E-state index contributed by atoms with van der Waals surface area (Å²) in [7, 11) is 0. The number of carbonyl (C=O) groups excluding carboxylic acids is 1. The average Bonchev–Trinajstić information content (AvgIpc) is 3.33. The van der Waals surface area contributed by atoms with Crippen LogP contribution in [0.4, 0.5) is 5.69 Å². The largest absolute Gasteiger partial charge is 0.323 e. The fraction of sp³-hybridized carbons (Fsp3) is 0.310. The van der Waals surface area contributed by atoms with Crippen LogP contribution < -0.4 is 4.90 Å². The first kappa shape index (κ1) is 21.4. The van der Waals surface area contributed by atoms with Gasteiger partial charge in [-0.05, 0) is 80.6 Å². The highest BCUT2D eigenvalue weighted by Gasteiger charge is 2.35. The third-order valence-corrected chi connectivity index (χ3v) is 7.20. The lowest BCUT2D eigenvalue weighted by Gasteiger charge is -2.21. The summed E-state index contributed by atoms with van der Waals surface area (Å²) in [5.41, 5.74) is 10.8. The number of aryl methyl sites for hydroxylation is 4. The molecule has 1 amide bonds. The number of para-hydroxylation sites is 2. The van der Waals surface area contributed by atoms with Crippen LogP contribution in [0.15, 0.2) is 54.6 Å². The molecule has 1 aliphatic rings. The molecule has 1 aliphatic heterocycles. The normalized spacial score (nSPS) is 16.2. The molecule has 0 bridgehead atoms. The lowest BCUT2D eigenvalue weighted by molar-refractivity contribution is -0.117. The van der Waals surface area contributed by atoms with Crippen molar-refractivity contribution in [1.29, 1.82) is 0 Å². The van der Waals surface area contributed by atoms with Crippen molar-refractivity contribution in [3.63, 3.8) is 0 Å². The van der Waals surface area contributed by atoms with E-state index in [1.54, 1.807) is 0 Å². The Bertz CT molecular complexity index is 1360. The zero-order valence-electron chi connectivity index (χ0n) is 20.1. The molecule has 1 saturated heterocycles. The van der Waals surface area contributed by atoms with Crippen molar-refractivity contribution < 1.29 is 4.79 Å². The number of fused-ring (bicyclic) bond motifs is 1. The van der Waals surface area contributed by atoms with Crippen LogP contribution in [0.25, 0.3) is 11.0 Å². The van der Waals surface area contributed by atoms with Crippen LogP contribution in [0.1, 0.15) is 51.5 Å². The van der Waals surface area contributed by atoms with Crippen molar-refractivity contribution in [2.24, 2.45) is 0 Å². The number of anilines is 1. The molecule has 1 aromatic heterocycles. The lowest BCUT2D eigenvalue weighted by atomic mass is 9.99. The Hall–Kier alpha value is -3.40. The number of aromatic nitrogens is 2. The molecule has 1 atom stereocenters. The smallest absolute Gasteiger partial charge is 0.227 e. The van der Waals surface area contributed by atoms with E-state index < -0.39 is 0 Å². The first-order chi connectivity index (χ1) is 15.8. The first-order valence-electron chi connectivity index (χ1n) is 11.7. The van der Waals surface area contributed by atoms with Gasteiger partial charge in [-0.3, -0.25) is 4.79 Å². The van der Waals surface area contributed by atoms with E-state index in [1.807, 2.05) is 17.0 Å². The minimum atomic E-state index is 0.0656. The zero-order chi connectivity index (χ0) is 23.3. The van der Waals surface area contributed by atoms with E-state index in [0.29, 0.717) is 13.0 Å². The molecular weight excluding hydrogens is 406 g/mol. The summed E-state index contributed by atoms with van der Waals surface area (Å²) >= 11 is 0. The second kappa shape index (κ2) is 8.18. The predicted octanol–water partition coefficient (Wildman–Crippen LogP) is 6.15. The van der Waals surface area contributed by atoms with Gasteiger partial charge in [0.15, 0.2) is 0 Å². The second-order valence-electron chi connectivity index (χ2n) is 9.55. The summed E-state index contributed by atoms with van der Waals surface area (Å²) in [4.78, 5) is 20.2. The van der Waals surface area contributed by atoms with Crippen LogP contribution in [0.2, 0.25) is 0 Å². The van der Waals surface area contributed by atoms with Crippen LogP contribution >= 0.6 is 0 Å². The maximum absolute atomic E-state index is 13.1. The molecule has 3 aromatic carbocycles. The van der Waals surface area contributed by atoms with E-state index in [0.717, 1.165) is 29.1 Å². The van der Waals surface area contributed by atoms with E-state index in [4.69, 9.17) is 4.98 Å². The molecule has 0 radical (unpaired) electrons. The van der Waals surface area contributed by atoms with Gasteiger partial charge in [-0.15, -0.1) is 0 Å². The van der Waals surface area contributed by atoms with Gasteiger partial charge in [0.2, 0.25) is 5.91 Å². The molecule has 0 spiro atoms. The van der Waals surface area contributed by atoms with Crippen molar-refractivity contribution >= 4 is 22.6 Å². The Balaban J connectivity index is 1.57. The predicted molar refractivity (Wildman–Crippen MR) is 135 cm³/mol. The highest BCUT2D eigenvalue weighted by molar-refractivity contribution is 5.97. The monoisotopic (exact) mass is 437 g/mol. The van der Waals surface area contributed by atoms with E-state index in [-0.39, 0.29) is 11.8 Å². The van der Waals surface area contributed by atoms with Gasteiger partial charge < -0.3 is 9.47 Å². The maximum atomic E-state index is 13.1. The summed E-state index contributed by atoms with van der Waals surface area (Å²) in [5.74, 6) is 1.25. The standard InChI is InChI=1S/C29H31N3O/c1-18-13-20(3)24(21(4)14-18)17-32-27-11-7-6-10-25(27)30-29(32)23-15-28(33)31(16-23)26-12-8-9-19(2)22(26)5/h6-14,23H,15-17H2,1-5H3. The van der Waals surface area contributed by atoms with Gasteiger partial charge >= 0.3 is 0 Å². The minimum absolute atomic E-state index is 0.0656. The first-order valence-corrected chi connectivity index (χ1v) is 11.7. The molecular formula is C29H31N3O. The highest BCUT2D eigenvalue weighted by atomic mass is 16.2. The van der Waals surface area contributed by atoms with Gasteiger partial charge in [0, 0.05) is 31.1 Å². The van der Waals surface area contributed by atoms with E-state index in [2.05, 4.69) is 81.7 Å². The maximum Gasteiger partial charge on any atom is 0.227 e. The van der Waals surface area contributed by atoms with Gasteiger partial charge in [-0.1, -0.05) is 42.0 Å². The summed E-state index contributed by atoms with van der Waals surface area (Å²) in [6, 6.07) is 19.0. The Kier molecular flexibility index (Phi) is 5.32. The summed E-state index contributed by atoms with van der Waals surface area (Å²) in [6.45, 7) is 12.2. The Morgan fingerprint density at radius 3 is 2.39 bits per heavy atom. The molecule has 0 saturated carbocycles. The molecule has 1 unspecified atom stereocenters. The zero-order valence-corrected chi connectivity index (χ0v) is 20.1. The molecule has 2 heterocycles. The van der Waals surface area contributed by atoms with E-state index >= 15 is 0 Å².